The van der Waals surface area contributed by atoms with Crippen LogP contribution in [0.25, 0.3) is 0 Å². The molecule has 6 heteroatoms. The molecule has 2 atom stereocenters. The molecule has 2 bridgehead atoms. The van der Waals surface area contributed by atoms with Crippen molar-refractivity contribution in [3.8, 4) is 0 Å². The summed E-state index contributed by atoms with van der Waals surface area (Å²) in [5, 5.41) is 0. The number of piperidine rings is 1. The zero-order valence-corrected chi connectivity index (χ0v) is 23.0. The average molecular weight is 525 g/mol. The van der Waals surface area contributed by atoms with Crippen molar-refractivity contribution in [3.63, 3.8) is 0 Å². The monoisotopic (exact) mass is 524 g/mol. The van der Waals surface area contributed by atoms with Gasteiger partial charge in [0.25, 0.3) is 0 Å². The van der Waals surface area contributed by atoms with Crippen LogP contribution < -0.4 is 4.90 Å². The molecule has 1 aromatic heterocycles. The number of hydrogen-bond acceptors (Lipinski definition) is 4. The molecule has 2 unspecified atom stereocenters. The van der Waals surface area contributed by atoms with Crippen molar-refractivity contribution in [1.82, 2.24) is 14.8 Å². The van der Waals surface area contributed by atoms with Crippen LogP contribution >= 0.6 is 0 Å². The molecular weight excluding hydrogens is 484 g/mol. The first-order valence-corrected chi connectivity index (χ1v) is 14.5. The van der Waals surface area contributed by atoms with Crippen LogP contribution in [0.3, 0.4) is 0 Å². The van der Waals surface area contributed by atoms with Gasteiger partial charge in [0.05, 0.1) is 0 Å². The SMILES string of the molecule is CCC(=O)N1CCC2CCCC(CN(C(=O)CCc3ccccc3)Cc3ccccc31)N2Cc1ccncc1. The molecule has 3 heterocycles. The number of carbonyl (C=O) groups is 2. The Labute approximate surface area is 232 Å². The lowest BCUT2D eigenvalue weighted by Crippen LogP contribution is -2.52. The molecule has 0 N–H and O–H groups in total. The van der Waals surface area contributed by atoms with Crippen LogP contribution in [0.1, 0.15) is 62.1 Å². The van der Waals surface area contributed by atoms with Crippen molar-refractivity contribution in [2.24, 2.45) is 0 Å². The van der Waals surface area contributed by atoms with Crippen LogP contribution in [0.2, 0.25) is 0 Å². The van der Waals surface area contributed by atoms with Gasteiger partial charge in [-0.15, -0.1) is 0 Å². The van der Waals surface area contributed by atoms with E-state index in [-0.39, 0.29) is 17.9 Å². The van der Waals surface area contributed by atoms with E-state index in [1.54, 1.807) is 0 Å². The number of benzene rings is 2. The smallest absolute Gasteiger partial charge is 0.226 e. The van der Waals surface area contributed by atoms with Crippen molar-refractivity contribution >= 4 is 17.5 Å². The zero-order chi connectivity index (χ0) is 27.0. The Kier molecular flexibility index (Phi) is 9.04. The molecule has 39 heavy (non-hydrogen) atoms. The Balaban J connectivity index is 1.48. The van der Waals surface area contributed by atoms with E-state index in [0.29, 0.717) is 38.5 Å². The fourth-order valence-electron chi connectivity index (χ4n) is 6.21. The first-order valence-electron chi connectivity index (χ1n) is 14.5. The van der Waals surface area contributed by atoms with Gasteiger partial charge in [0.15, 0.2) is 0 Å². The first-order chi connectivity index (χ1) is 19.1. The topological polar surface area (TPSA) is 56.8 Å². The first kappa shape index (κ1) is 27.1. The second kappa shape index (κ2) is 13.0. The van der Waals surface area contributed by atoms with E-state index in [2.05, 4.69) is 45.1 Å². The number of amides is 2. The van der Waals surface area contributed by atoms with E-state index in [1.165, 1.54) is 11.1 Å². The third-order valence-electron chi connectivity index (χ3n) is 8.31. The molecular formula is C33H40N4O2. The molecule has 204 valence electrons. The zero-order valence-electron chi connectivity index (χ0n) is 23.0. The van der Waals surface area contributed by atoms with E-state index in [4.69, 9.17) is 0 Å². The molecule has 2 aliphatic rings. The van der Waals surface area contributed by atoms with Gasteiger partial charge in [-0.25, -0.2) is 0 Å². The van der Waals surface area contributed by atoms with Gasteiger partial charge in [-0.2, -0.15) is 0 Å². The van der Waals surface area contributed by atoms with Gasteiger partial charge in [-0.3, -0.25) is 19.5 Å². The maximum atomic E-state index is 13.8. The highest BCUT2D eigenvalue weighted by Crippen LogP contribution is 2.32. The van der Waals surface area contributed by atoms with Crippen LogP contribution in [0.15, 0.2) is 79.1 Å². The van der Waals surface area contributed by atoms with Crippen LogP contribution in [-0.4, -0.2) is 51.8 Å². The van der Waals surface area contributed by atoms with Crippen molar-refractivity contribution in [1.29, 1.82) is 0 Å². The summed E-state index contributed by atoms with van der Waals surface area (Å²) in [7, 11) is 0. The van der Waals surface area contributed by atoms with E-state index < -0.39 is 0 Å². The minimum absolute atomic E-state index is 0.136. The molecule has 2 aliphatic heterocycles. The summed E-state index contributed by atoms with van der Waals surface area (Å²) in [4.78, 5) is 37.9. The lowest BCUT2D eigenvalue weighted by atomic mass is 9.92. The number of aryl methyl sites for hydroxylation is 1. The second-order valence-corrected chi connectivity index (χ2v) is 10.8. The fraction of sp³-hybridized carbons (Fsp3) is 0.424. The minimum Gasteiger partial charge on any atom is -0.337 e. The number of nitrogens with zero attached hydrogens (tertiary/aromatic N) is 4. The van der Waals surface area contributed by atoms with Crippen molar-refractivity contribution < 1.29 is 9.59 Å². The van der Waals surface area contributed by atoms with Gasteiger partial charge in [-0.1, -0.05) is 61.9 Å². The normalized spacial score (nSPS) is 20.1. The highest BCUT2D eigenvalue weighted by molar-refractivity contribution is 5.94. The molecule has 1 saturated heterocycles. The summed E-state index contributed by atoms with van der Waals surface area (Å²) in [6.07, 6.45) is 9.62. The minimum atomic E-state index is 0.136. The van der Waals surface area contributed by atoms with Gasteiger partial charge in [0.1, 0.15) is 0 Å². The predicted molar refractivity (Wildman–Crippen MR) is 155 cm³/mol. The molecule has 2 amide bonds. The van der Waals surface area contributed by atoms with Gasteiger partial charge >= 0.3 is 0 Å². The summed E-state index contributed by atoms with van der Waals surface area (Å²) in [6, 6.07) is 23.2. The summed E-state index contributed by atoms with van der Waals surface area (Å²) < 4.78 is 0. The average Bonchev–Trinajstić information content (AvgIpc) is 2.99. The Bertz CT molecular complexity index is 1230. The van der Waals surface area contributed by atoms with Crippen molar-refractivity contribution in [2.75, 3.05) is 18.0 Å². The van der Waals surface area contributed by atoms with Gasteiger partial charge in [0, 0.05) is 69.2 Å². The number of aromatic nitrogens is 1. The van der Waals surface area contributed by atoms with Crippen molar-refractivity contribution in [3.05, 3.63) is 95.8 Å². The number of hydrogen-bond donors (Lipinski definition) is 0. The highest BCUT2D eigenvalue weighted by Gasteiger charge is 2.34. The Morgan fingerprint density at radius 1 is 0.846 bits per heavy atom. The van der Waals surface area contributed by atoms with E-state index in [1.807, 2.05) is 60.6 Å². The van der Waals surface area contributed by atoms with E-state index in [0.717, 1.165) is 49.9 Å². The summed E-state index contributed by atoms with van der Waals surface area (Å²) in [5.74, 6) is 0.309. The van der Waals surface area contributed by atoms with Crippen LogP contribution in [0.5, 0.6) is 0 Å². The Morgan fingerprint density at radius 2 is 1.59 bits per heavy atom. The molecule has 0 saturated carbocycles. The summed E-state index contributed by atoms with van der Waals surface area (Å²) >= 11 is 0. The lowest BCUT2D eigenvalue weighted by molar-refractivity contribution is -0.133. The predicted octanol–water partition coefficient (Wildman–Crippen LogP) is 5.61. The third-order valence-corrected chi connectivity index (χ3v) is 8.31. The largest absolute Gasteiger partial charge is 0.337 e. The fourth-order valence-corrected chi connectivity index (χ4v) is 6.21. The molecule has 0 radical (unpaired) electrons. The second-order valence-electron chi connectivity index (χ2n) is 10.8. The summed E-state index contributed by atoms with van der Waals surface area (Å²) in [6.45, 7) is 4.67. The maximum absolute atomic E-state index is 13.8. The molecule has 5 rings (SSSR count). The summed E-state index contributed by atoms with van der Waals surface area (Å²) in [5.41, 5.74) is 4.41. The van der Waals surface area contributed by atoms with Crippen LogP contribution in [0.4, 0.5) is 5.69 Å². The quantitative estimate of drug-likeness (QED) is 0.420. The number of carbonyl (C=O) groups excluding carboxylic acids is 2. The molecule has 0 spiro atoms. The Hall–Kier alpha value is -3.51. The van der Waals surface area contributed by atoms with Gasteiger partial charge < -0.3 is 9.80 Å². The van der Waals surface area contributed by atoms with Crippen LogP contribution in [-0.2, 0) is 29.1 Å². The molecule has 3 aromatic rings. The van der Waals surface area contributed by atoms with Crippen LogP contribution in [0, 0.1) is 0 Å². The van der Waals surface area contributed by atoms with Crippen molar-refractivity contribution in [2.45, 2.75) is 77.0 Å². The van der Waals surface area contributed by atoms with E-state index in [9.17, 15) is 9.59 Å². The lowest BCUT2D eigenvalue weighted by Gasteiger charge is -2.44. The van der Waals surface area contributed by atoms with Gasteiger partial charge in [0.2, 0.25) is 11.8 Å². The van der Waals surface area contributed by atoms with E-state index >= 15 is 0 Å². The standard InChI is InChI=1S/C33H40N4O2/c1-2-32(38)36-22-19-29-12-8-13-30(37(29)23-27-17-20-34-21-18-27)25-35(24-28-11-6-7-14-31(28)36)33(39)16-15-26-9-4-3-5-10-26/h3-7,9-11,14,17-18,20-21,29-30H,2,8,12-13,15-16,19,22-25H2,1H3. The number of rotatable bonds is 6. The highest BCUT2D eigenvalue weighted by atomic mass is 16.2. The Morgan fingerprint density at radius 3 is 2.38 bits per heavy atom. The molecule has 0 aliphatic carbocycles. The molecule has 6 nitrogen and oxygen atoms in total. The number of pyridine rings is 1. The maximum Gasteiger partial charge on any atom is 0.226 e. The number of para-hydroxylation sites is 1. The molecule has 2 aromatic carbocycles. The van der Waals surface area contributed by atoms with Gasteiger partial charge in [-0.05, 0) is 60.6 Å². The number of anilines is 1. The molecule has 1 fully saturated rings. The number of fused-ring (bicyclic) bond motifs is 3. The third kappa shape index (κ3) is 6.74.